The smallest absolute Gasteiger partial charge is 0.225 e. The summed E-state index contributed by atoms with van der Waals surface area (Å²) in [7, 11) is 2.25. The number of likely N-dealkylation sites (N-methyl/N-ethyl adjacent to an activating group) is 1. The van der Waals surface area contributed by atoms with Crippen LogP contribution in [0.25, 0.3) is 0 Å². The predicted molar refractivity (Wildman–Crippen MR) is 120 cm³/mol. The first-order chi connectivity index (χ1) is 14.2. The van der Waals surface area contributed by atoms with Crippen LogP contribution in [0.2, 0.25) is 0 Å². The van der Waals surface area contributed by atoms with Crippen molar-refractivity contribution in [3.05, 3.63) is 0 Å². The Hall–Kier alpha value is -1.30. The molecule has 1 unspecified atom stereocenters. The van der Waals surface area contributed by atoms with Crippen molar-refractivity contribution < 1.29 is 4.79 Å². The largest absolute Gasteiger partial charge is 0.357 e. The molecule has 2 saturated carbocycles. The highest BCUT2D eigenvalue weighted by molar-refractivity contribution is 5.81. The minimum atomic E-state index is 0.278. The molecule has 6 nitrogen and oxygen atoms in total. The van der Waals surface area contributed by atoms with E-state index in [0.29, 0.717) is 11.9 Å². The first-order valence-electron chi connectivity index (χ1n) is 12.2. The van der Waals surface area contributed by atoms with Crippen LogP contribution in [0.5, 0.6) is 0 Å². The highest BCUT2D eigenvalue weighted by Gasteiger charge is 2.31. The Labute approximate surface area is 177 Å². The van der Waals surface area contributed by atoms with Gasteiger partial charge in [0.05, 0.1) is 6.54 Å². The molecular weight excluding hydrogens is 362 g/mol. The van der Waals surface area contributed by atoms with E-state index in [-0.39, 0.29) is 5.92 Å². The first kappa shape index (κ1) is 22.4. The standard InChI is InChI=1S/C23H43N5O/c1-3-24-23(25-15-17-27(2)21-12-8-5-9-13-21)26-20-14-16-28(18-20)22(29)19-10-6-4-7-11-19/h19-21H,3-18H2,1-2H3,(H2,24,25,26). The quantitative estimate of drug-likeness (QED) is 0.505. The van der Waals surface area contributed by atoms with Gasteiger partial charge in [0.15, 0.2) is 5.96 Å². The lowest BCUT2D eigenvalue weighted by Gasteiger charge is -2.30. The SMILES string of the molecule is CCNC(=NCCN(C)C1CCCCC1)NC1CCN(C(=O)C2CCCCC2)C1. The van der Waals surface area contributed by atoms with Crippen LogP contribution in [0.4, 0.5) is 0 Å². The van der Waals surface area contributed by atoms with Crippen LogP contribution in [-0.2, 0) is 4.79 Å². The Morgan fingerprint density at radius 1 is 1.03 bits per heavy atom. The average Bonchev–Trinajstić information content (AvgIpc) is 3.23. The van der Waals surface area contributed by atoms with Crippen molar-refractivity contribution in [1.82, 2.24) is 20.4 Å². The van der Waals surface area contributed by atoms with Gasteiger partial charge >= 0.3 is 0 Å². The molecule has 0 bridgehead atoms. The fourth-order valence-electron chi connectivity index (χ4n) is 5.22. The van der Waals surface area contributed by atoms with Gasteiger partial charge in [-0.3, -0.25) is 9.79 Å². The summed E-state index contributed by atoms with van der Waals surface area (Å²) in [5.41, 5.74) is 0. The molecule has 0 aromatic heterocycles. The van der Waals surface area contributed by atoms with Crippen molar-refractivity contribution in [2.24, 2.45) is 10.9 Å². The highest BCUT2D eigenvalue weighted by Crippen LogP contribution is 2.26. The molecule has 1 aliphatic heterocycles. The number of rotatable bonds is 7. The second-order valence-electron chi connectivity index (χ2n) is 9.28. The molecule has 0 radical (unpaired) electrons. The number of carbonyl (C=O) groups excluding carboxylic acids is 1. The number of hydrogen-bond donors (Lipinski definition) is 2. The van der Waals surface area contributed by atoms with E-state index in [0.717, 1.165) is 64.0 Å². The van der Waals surface area contributed by atoms with Crippen molar-refractivity contribution in [3.63, 3.8) is 0 Å². The van der Waals surface area contributed by atoms with Gasteiger partial charge in [-0.2, -0.15) is 0 Å². The van der Waals surface area contributed by atoms with Gasteiger partial charge in [-0.15, -0.1) is 0 Å². The molecular formula is C23H43N5O. The summed E-state index contributed by atoms with van der Waals surface area (Å²) in [5.74, 6) is 1.58. The maximum atomic E-state index is 12.8. The first-order valence-corrected chi connectivity index (χ1v) is 12.2. The Morgan fingerprint density at radius 2 is 1.72 bits per heavy atom. The summed E-state index contributed by atoms with van der Waals surface area (Å²) in [6.45, 7) is 6.51. The molecule has 1 saturated heterocycles. The van der Waals surface area contributed by atoms with Crippen molar-refractivity contribution >= 4 is 11.9 Å². The number of amides is 1. The van der Waals surface area contributed by atoms with Gasteiger partial charge in [0, 0.05) is 44.2 Å². The van der Waals surface area contributed by atoms with Crippen molar-refractivity contribution in [2.75, 3.05) is 39.8 Å². The number of nitrogens with one attached hydrogen (secondary N) is 2. The number of carbonyl (C=O) groups is 1. The minimum absolute atomic E-state index is 0.278. The molecule has 3 aliphatic rings. The van der Waals surface area contributed by atoms with Crippen LogP contribution in [0, 0.1) is 5.92 Å². The molecule has 6 heteroatoms. The molecule has 1 heterocycles. The molecule has 3 rings (SSSR count). The molecule has 0 spiro atoms. The van der Waals surface area contributed by atoms with Gasteiger partial charge < -0.3 is 20.4 Å². The van der Waals surface area contributed by atoms with E-state index in [9.17, 15) is 4.79 Å². The van der Waals surface area contributed by atoms with E-state index in [1.807, 2.05) is 0 Å². The fourth-order valence-corrected chi connectivity index (χ4v) is 5.22. The number of hydrogen-bond acceptors (Lipinski definition) is 3. The summed E-state index contributed by atoms with van der Waals surface area (Å²) in [5, 5.41) is 6.97. The molecule has 2 N–H and O–H groups in total. The van der Waals surface area contributed by atoms with Gasteiger partial charge in [0.25, 0.3) is 0 Å². The van der Waals surface area contributed by atoms with Gasteiger partial charge in [-0.25, -0.2) is 0 Å². The summed E-state index contributed by atoms with van der Waals surface area (Å²) >= 11 is 0. The van der Waals surface area contributed by atoms with E-state index >= 15 is 0 Å². The van der Waals surface area contributed by atoms with Gasteiger partial charge in [-0.1, -0.05) is 38.5 Å². The van der Waals surface area contributed by atoms with Crippen LogP contribution < -0.4 is 10.6 Å². The second-order valence-corrected chi connectivity index (χ2v) is 9.28. The van der Waals surface area contributed by atoms with Crippen LogP contribution >= 0.6 is 0 Å². The number of aliphatic imine (C=N–C) groups is 1. The van der Waals surface area contributed by atoms with Crippen LogP contribution in [0.15, 0.2) is 4.99 Å². The predicted octanol–water partition coefficient (Wildman–Crippen LogP) is 2.99. The molecule has 166 valence electrons. The van der Waals surface area contributed by atoms with E-state index in [1.54, 1.807) is 0 Å². The van der Waals surface area contributed by atoms with Crippen LogP contribution in [-0.4, -0.2) is 73.5 Å². The molecule has 1 atom stereocenters. The topological polar surface area (TPSA) is 60.0 Å². The second kappa shape index (κ2) is 11.8. The fraction of sp³-hybridized carbons (Fsp3) is 0.913. The molecule has 1 amide bonds. The van der Waals surface area contributed by atoms with E-state index < -0.39 is 0 Å². The third kappa shape index (κ3) is 6.87. The lowest BCUT2D eigenvalue weighted by Crippen LogP contribution is -2.46. The van der Waals surface area contributed by atoms with Gasteiger partial charge in [-0.05, 0) is 46.1 Å². The normalized spacial score (nSPS) is 24.9. The average molecular weight is 406 g/mol. The van der Waals surface area contributed by atoms with Crippen molar-refractivity contribution in [3.8, 4) is 0 Å². The lowest BCUT2D eigenvalue weighted by molar-refractivity contribution is -0.135. The van der Waals surface area contributed by atoms with E-state index in [1.165, 1.54) is 51.4 Å². The maximum Gasteiger partial charge on any atom is 0.225 e. The van der Waals surface area contributed by atoms with Crippen LogP contribution in [0.3, 0.4) is 0 Å². The van der Waals surface area contributed by atoms with Crippen molar-refractivity contribution in [2.45, 2.75) is 89.6 Å². The zero-order chi connectivity index (χ0) is 20.5. The Morgan fingerprint density at radius 3 is 2.41 bits per heavy atom. The third-order valence-electron chi connectivity index (χ3n) is 7.06. The summed E-state index contributed by atoms with van der Waals surface area (Å²) < 4.78 is 0. The number of nitrogens with zero attached hydrogens (tertiary/aromatic N) is 3. The summed E-state index contributed by atoms with van der Waals surface area (Å²) in [6.07, 6.45) is 13.8. The van der Waals surface area contributed by atoms with Crippen molar-refractivity contribution in [1.29, 1.82) is 0 Å². The summed E-state index contributed by atoms with van der Waals surface area (Å²) in [4.78, 5) is 22.2. The zero-order valence-corrected chi connectivity index (χ0v) is 18.8. The van der Waals surface area contributed by atoms with Crippen LogP contribution in [0.1, 0.15) is 77.6 Å². The Kier molecular flexibility index (Phi) is 9.09. The monoisotopic (exact) mass is 405 g/mol. The maximum absolute atomic E-state index is 12.8. The van der Waals surface area contributed by atoms with Gasteiger partial charge in [0.2, 0.25) is 5.91 Å². The van der Waals surface area contributed by atoms with E-state index in [4.69, 9.17) is 4.99 Å². The zero-order valence-electron chi connectivity index (χ0n) is 18.8. The minimum Gasteiger partial charge on any atom is -0.357 e. The summed E-state index contributed by atoms with van der Waals surface area (Å²) in [6, 6.07) is 1.06. The number of guanidine groups is 1. The lowest BCUT2D eigenvalue weighted by atomic mass is 9.88. The molecule has 0 aromatic carbocycles. The van der Waals surface area contributed by atoms with E-state index in [2.05, 4.69) is 34.4 Å². The molecule has 0 aromatic rings. The third-order valence-corrected chi connectivity index (χ3v) is 7.06. The molecule has 3 fully saturated rings. The Bertz CT molecular complexity index is 525. The highest BCUT2D eigenvalue weighted by atomic mass is 16.2. The number of likely N-dealkylation sites (tertiary alicyclic amines) is 1. The molecule has 29 heavy (non-hydrogen) atoms. The van der Waals surface area contributed by atoms with Gasteiger partial charge in [0.1, 0.15) is 0 Å². The molecule has 2 aliphatic carbocycles. The Balaban J connectivity index is 1.43.